The molecule has 3 aromatic heterocycles. The SMILES string of the molecule is CCNC(Cc1cccnc1N)c1cnc2ccsc2c1. The maximum Gasteiger partial charge on any atom is 0.126 e. The molecule has 0 fully saturated rings. The van der Waals surface area contributed by atoms with E-state index in [9.17, 15) is 0 Å². The standard InChI is InChI=1S/C16H18N4S/c1-2-18-14(8-11-4-3-6-19-16(11)17)12-9-15-13(20-10-12)5-7-21-15/h3-7,9-10,14,18H,2,8H2,1H3,(H2,17,19). The van der Waals surface area contributed by atoms with Gasteiger partial charge in [0.1, 0.15) is 5.82 Å². The highest BCUT2D eigenvalue weighted by Gasteiger charge is 2.14. The van der Waals surface area contributed by atoms with E-state index in [1.54, 1.807) is 17.5 Å². The smallest absolute Gasteiger partial charge is 0.126 e. The predicted octanol–water partition coefficient (Wildman–Crippen LogP) is 3.17. The molecule has 5 heteroatoms. The Kier molecular flexibility index (Phi) is 4.13. The van der Waals surface area contributed by atoms with E-state index in [4.69, 9.17) is 5.73 Å². The van der Waals surface area contributed by atoms with Crippen molar-refractivity contribution >= 4 is 27.4 Å². The summed E-state index contributed by atoms with van der Waals surface area (Å²) in [6.07, 6.45) is 4.49. The van der Waals surface area contributed by atoms with Gasteiger partial charge in [0.05, 0.1) is 10.2 Å². The lowest BCUT2D eigenvalue weighted by Gasteiger charge is -2.19. The van der Waals surface area contributed by atoms with Crippen molar-refractivity contribution in [1.29, 1.82) is 0 Å². The molecule has 21 heavy (non-hydrogen) atoms. The number of nitrogens with two attached hydrogens (primary N) is 1. The van der Waals surface area contributed by atoms with Gasteiger partial charge in [0.2, 0.25) is 0 Å². The number of aromatic nitrogens is 2. The summed E-state index contributed by atoms with van der Waals surface area (Å²) in [6.45, 7) is 3.00. The molecule has 0 amide bonds. The summed E-state index contributed by atoms with van der Waals surface area (Å²) in [7, 11) is 0. The molecule has 3 N–H and O–H groups in total. The third-order valence-electron chi connectivity index (χ3n) is 3.53. The summed E-state index contributed by atoms with van der Waals surface area (Å²) in [5.41, 5.74) is 9.27. The van der Waals surface area contributed by atoms with Crippen molar-refractivity contribution in [3.8, 4) is 0 Å². The van der Waals surface area contributed by atoms with Crippen LogP contribution in [0.1, 0.15) is 24.1 Å². The average molecular weight is 298 g/mol. The van der Waals surface area contributed by atoms with Gasteiger partial charge >= 0.3 is 0 Å². The Balaban J connectivity index is 1.91. The van der Waals surface area contributed by atoms with Crippen LogP contribution in [0.3, 0.4) is 0 Å². The lowest BCUT2D eigenvalue weighted by molar-refractivity contribution is 0.549. The molecule has 0 radical (unpaired) electrons. The molecule has 1 atom stereocenters. The van der Waals surface area contributed by atoms with Crippen LogP contribution < -0.4 is 11.1 Å². The van der Waals surface area contributed by atoms with Crippen LogP contribution in [0.2, 0.25) is 0 Å². The molecule has 0 aliphatic heterocycles. The van der Waals surface area contributed by atoms with Gasteiger partial charge < -0.3 is 11.1 Å². The molecule has 0 saturated carbocycles. The molecular weight excluding hydrogens is 280 g/mol. The molecular formula is C16H18N4S. The van der Waals surface area contributed by atoms with Crippen molar-refractivity contribution in [2.75, 3.05) is 12.3 Å². The second-order valence-corrected chi connectivity index (χ2v) is 5.88. The van der Waals surface area contributed by atoms with Crippen molar-refractivity contribution in [2.24, 2.45) is 0 Å². The van der Waals surface area contributed by atoms with Gasteiger partial charge in [-0.3, -0.25) is 4.98 Å². The first-order valence-electron chi connectivity index (χ1n) is 7.04. The summed E-state index contributed by atoms with van der Waals surface area (Å²) < 4.78 is 1.22. The number of nitrogens with zero attached hydrogens (tertiary/aromatic N) is 2. The summed E-state index contributed by atoms with van der Waals surface area (Å²) in [6, 6.07) is 8.41. The van der Waals surface area contributed by atoms with Crippen molar-refractivity contribution in [3.63, 3.8) is 0 Å². The summed E-state index contributed by atoms with van der Waals surface area (Å²) >= 11 is 1.72. The molecule has 0 aromatic carbocycles. The van der Waals surface area contributed by atoms with Crippen molar-refractivity contribution in [1.82, 2.24) is 15.3 Å². The zero-order valence-corrected chi connectivity index (χ0v) is 12.7. The topological polar surface area (TPSA) is 63.8 Å². The van der Waals surface area contributed by atoms with Crippen molar-refractivity contribution < 1.29 is 0 Å². The van der Waals surface area contributed by atoms with Crippen molar-refractivity contribution in [2.45, 2.75) is 19.4 Å². The molecule has 1 unspecified atom stereocenters. The first-order chi connectivity index (χ1) is 10.3. The number of hydrogen-bond donors (Lipinski definition) is 2. The predicted molar refractivity (Wildman–Crippen MR) is 88.4 cm³/mol. The molecule has 0 bridgehead atoms. The highest BCUT2D eigenvalue weighted by Crippen LogP contribution is 2.25. The van der Waals surface area contributed by atoms with Gasteiger partial charge in [-0.25, -0.2) is 4.98 Å². The monoisotopic (exact) mass is 298 g/mol. The number of nitrogen functional groups attached to an aromatic ring is 1. The fourth-order valence-corrected chi connectivity index (χ4v) is 3.24. The van der Waals surface area contributed by atoms with Gasteiger partial charge in [0.15, 0.2) is 0 Å². The highest BCUT2D eigenvalue weighted by molar-refractivity contribution is 7.17. The van der Waals surface area contributed by atoms with Crippen LogP contribution in [0, 0.1) is 0 Å². The van der Waals surface area contributed by atoms with E-state index < -0.39 is 0 Å². The van der Waals surface area contributed by atoms with E-state index in [0.717, 1.165) is 24.0 Å². The minimum absolute atomic E-state index is 0.195. The molecule has 108 valence electrons. The number of fused-ring (bicyclic) bond motifs is 1. The Labute approximate surface area is 128 Å². The molecule has 0 spiro atoms. The Hall–Kier alpha value is -1.98. The van der Waals surface area contributed by atoms with Gasteiger partial charge in [0, 0.05) is 18.4 Å². The van der Waals surface area contributed by atoms with Crippen LogP contribution in [0.25, 0.3) is 10.2 Å². The molecule has 3 heterocycles. The lowest BCUT2D eigenvalue weighted by Crippen LogP contribution is -2.23. The van der Waals surface area contributed by atoms with Gasteiger partial charge in [0.25, 0.3) is 0 Å². The van der Waals surface area contributed by atoms with Gasteiger partial charge in [-0.15, -0.1) is 11.3 Å². The number of thiophene rings is 1. The average Bonchev–Trinajstić information content (AvgIpc) is 2.96. The molecule has 0 saturated heterocycles. The summed E-state index contributed by atoms with van der Waals surface area (Å²) in [5.74, 6) is 0.602. The molecule has 4 nitrogen and oxygen atoms in total. The first kappa shape index (κ1) is 14.0. The summed E-state index contributed by atoms with van der Waals surface area (Å²) in [4.78, 5) is 8.70. The number of anilines is 1. The largest absolute Gasteiger partial charge is 0.383 e. The second kappa shape index (κ2) is 6.20. The number of hydrogen-bond acceptors (Lipinski definition) is 5. The quantitative estimate of drug-likeness (QED) is 0.759. The Bertz CT molecular complexity index is 738. The minimum atomic E-state index is 0.195. The van der Waals surface area contributed by atoms with Crippen LogP contribution >= 0.6 is 11.3 Å². The van der Waals surface area contributed by atoms with E-state index >= 15 is 0 Å². The number of likely N-dealkylation sites (N-methyl/N-ethyl adjacent to an activating group) is 1. The molecule has 3 aromatic rings. The van der Waals surface area contributed by atoms with Crippen LogP contribution in [0.4, 0.5) is 5.82 Å². The minimum Gasteiger partial charge on any atom is -0.383 e. The molecule has 0 aliphatic carbocycles. The third kappa shape index (κ3) is 3.04. The fourth-order valence-electron chi connectivity index (χ4n) is 2.45. The van der Waals surface area contributed by atoms with E-state index in [-0.39, 0.29) is 6.04 Å². The molecule has 0 aliphatic rings. The van der Waals surface area contributed by atoms with Crippen molar-refractivity contribution in [3.05, 3.63) is 53.2 Å². The third-order valence-corrected chi connectivity index (χ3v) is 4.38. The zero-order valence-electron chi connectivity index (χ0n) is 11.9. The van der Waals surface area contributed by atoms with Crippen LogP contribution in [0.5, 0.6) is 0 Å². The van der Waals surface area contributed by atoms with E-state index in [0.29, 0.717) is 5.82 Å². The highest BCUT2D eigenvalue weighted by atomic mass is 32.1. The Morgan fingerprint density at radius 1 is 1.33 bits per heavy atom. The van der Waals surface area contributed by atoms with E-state index in [1.807, 2.05) is 24.4 Å². The maximum atomic E-state index is 5.96. The number of rotatable bonds is 5. The lowest BCUT2D eigenvalue weighted by atomic mass is 10.0. The summed E-state index contributed by atoms with van der Waals surface area (Å²) in [5, 5.41) is 5.59. The maximum absolute atomic E-state index is 5.96. The first-order valence-corrected chi connectivity index (χ1v) is 7.91. The van der Waals surface area contributed by atoms with Gasteiger partial charge in [-0.2, -0.15) is 0 Å². The fraction of sp³-hybridized carbons (Fsp3) is 0.250. The Morgan fingerprint density at radius 2 is 2.24 bits per heavy atom. The normalized spacial score (nSPS) is 12.6. The second-order valence-electron chi connectivity index (χ2n) is 4.93. The van der Waals surface area contributed by atoms with E-state index in [2.05, 4.69) is 33.7 Å². The van der Waals surface area contributed by atoms with E-state index in [1.165, 1.54) is 10.3 Å². The van der Waals surface area contributed by atoms with Gasteiger partial charge in [-0.05, 0) is 47.7 Å². The molecule has 3 rings (SSSR count). The zero-order chi connectivity index (χ0) is 14.7. The number of pyridine rings is 2. The number of nitrogens with one attached hydrogen (secondary N) is 1. The van der Waals surface area contributed by atoms with Gasteiger partial charge in [-0.1, -0.05) is 13.0 Å². The van der Waals surface area contributed by atoms with Crippen LogP contribution in [-0.4, -0.2) is 16.5 Å². The van der Waals surface area contributed by atoms with Crippen LogP contribution in [-0.2, 0) is 6.42 Å². The van der Waals surface area contributed by atoms with Crippen LogP contribution in [0.15, 0.2) is 42.0 Å². The Morgan fingerprint density at radius 3 is 3.05 bits per heavy atom.